The van der Waals surface area contributed by atoms with E-state index in [0.717, 1.165) is 13.1 Å². The maximum Gasteiger partial charge on any atom is 0.245 e. The lowest BCUT2D eigenvalue weighted by molar-refractivity contribution is -0.151. The maximum atomic E-state index is 14.4. The predicted octanol–water partition coefficient (Wildman–Crippen LogP) is 1.50. The quantitative estimate of drug-likeness (QED) is 0.356. The van der Waals surface area contributed by atoms with E-state index in [1.807, 2.05) is 34.6 Å². The molecular weight excluding hydrogens is 540 g/mol. The molecule has 1 aromatic carbocycles. The number of hydrogen-bond donors (Lipinski definition) is 3. The largest absolute Gasteiger partial charge is 0.494 e. The molecule has 1 spiro atoms. The Bertz CT molecular complexity index is 1160. The van der Waals surface area contributed by atoms with E-state index in [9.17, 15) is 19.5 Å². The van der Waals surface area contributed by atoms with Crippen LogP contribution in [0, 0.1) is 23.7 Å². The molecule has 3 N–H and O–H groups in total. The first-order valence-electron chi connectivity index (χ1n) is 15.3. The molecule has 5 rings (SSSR count). The van der Waals surface area contributed by atoms with Gasteiger partial charge >= 0.3 is 0 Å². The molecule has 1 aromatic rings. The highest BCUT2D eigenvalue weighted by Crippen LogP contribution is 2.65. The van der Waals surface area contributed by atoms with E-state index in [-0.39, 0.29) is 36.2 Å². The van der Waals surface area contributed by atoms with Gasteiger partial charge in [-0.3, -0.25) is 19.3 Å². The number of hydrogen-bond acceptors (Lipinski definition) is 8. The molecule has 3 unspecified atom stereocenters. The predicted molar refractivity (Wildman–Crippen MR) is 156 cm³/mol. The summed E-state index contributed by atoms with van der Waals surface area (Å²) >= 11 is 0. The van der Waals surface area contributed by atoms with Crippen molar-refractivity contribution in [3.8, 4) is 5.75 Å². The third kappa shape index (κ3) is 5.18. The maximum absolute atomic E-state index is 14.4. The minimum atomic E-state index is -1.17. The Morgan fingerprint density at radius 3 is 2.48 bits per heavy atom. The van der Waals surface area contributed by atoms with Crippen LogP contribution in [0.15, 0.2) is 24.3 Å². The smallest absolute Gasteiger partial charge is 0.245 e. The molecular formula is C31H46N4O7. The van der Waals surface area contributed by atoms with Crippen molar-refractivity contribution < 1.29 is 33.7 Å². The number of benzene rings is 1. The number of amides is 3. The van der Waals surface area contributed by atoms with Gasteiger partial charge < -0.3 is 34.9 Å². The van der Waals surface area contributed by atoms with E-state index in [1.165, 1.54) is 4.90 Å². The molecule has 0 aliphatic carbocycles. The van der Waals surface area contributed by atoms with Crippen LogP contribution in [0.3, 0.4) is 0 Å². The Hall–Kier alpha value is -2.73. The van der Waals surface area contributed by atoms with E-state index in [0.29, 0.717) is 50.8 Å². The van der Waals surface area contributed by atoms with E-state index in [2.05, 4.69) is 15.5 Å². The number of likely N-dealkylation sites (tertiary alicyclic amines) is 1. The van der Waals surface area contributed by atoms with Gasteiger partial charge in [0.1, 0.15) is 17.4 Å². The molecule has 4 aliphatic heterocycles. The van der Waals surface area contributed by atoms with Crippen molar-refractivity contribution in [3.63, 3.8) is 0 Å². The van der Waals surface area contributed by atoms with Crippen LogP contribution >= 0.6 is 0 Å². The molecule has 4 saturated heterocycles. The highest BCUT2D eigenvalue weighted by Gasteiger charge is 2.80. The van der Waals surface area contributed by atoms with E-state index in [1.54, 1.807) is 24.3 Å². The molecule has 11 heteroatoms. The normalized spacial score (nSPS) is 33.1. The van der Waals surface area contributed by atoms with Crippen molar-refractivity contribution in [2.75, 3.05) is 57.9 Å². The summed E-state index contributed by atoms with van der Waals surface area (Å²) in [6.45, 7) is 13.9. The summed E-state index contributed by atoms with van der Waals surface area (Å²) in [5, 5.41) is 16.5. The number of carbonyl (C=O) groups is 3. The zero-order valence-electron chi connectivity index (χ0n) is 25.4. The first-order valence-corrected chi connectivity index (χ1v) is 15.3. The number of aliphatic hydroxyl groups excluding tert-OH is 1. The fraction of sp³-hybridized carbons (Fsp3) is 0.710. The van der Waals surface area contributed by atoms with Gasteiger partial charge in [-0.2, -0.15) is 0 Å². The summed E-state index contributed by atoms with van der Waals surface area (Å²) in [6, 6.07) is 5.58. The number of ether oxygens (including phenoxy) is 3. The molecule has 0 saturated carbocycles. The molecule has 0 aromatic heterocycles. The fourth-order valence-electron chi connectivity index (χ4n) is 7.63. The molecule has 4 aliphatic rings. The van der Waals surface area contributed by atoms with Crippen LogP contribution in [0.25, 0.3) is 0 Å². The van der Waals surface area contributed by atoms with Gasteiger partial charge in [0.25, 0.3) is 0 Å². The van der Waals surface area contributed by atoms with E-state index < -0.39 is 35.1 Å². The standard InChI is InChI=1S/C31H46N4O7/c1-6-41-22-9-7-21(8-10-22)33-27(37)24-25-29(39)35(23(18-36)19(2)3)26(31(25)17-20(4)30(24,5)42-31)28(38)32-11-12-34-13-15-40-16-14-34/h7-10,19-20,23-26,36H,6,11-18H2,1-5H3,(H,32,38)(H,33,37)/t20?,23-,24+,25-,26?,30-,31?/m0/s1. The first-order chi connectivity index (χ1) is 20.1. The number of rotatable bonds is 11. The second-order valence-corrected chi connectivity index (χ2v) is 12.6. The van der Waals surface area contributed by atoms with Gasteiger partial charge in [-0.25, -0.2) is 0 Å². The molecule has 4 heterocycles. The minimum absolute atomic E-state index is 0.0761. The Morgan fingerprint density at radius 1 is 1.17 bits per heavy atom. The zero-order chi connectivity index (χ0) is 30.2. The molecule has 7 atom stereocenters. The van der Waals surface area contributed by atoms with Crippen LogP contribution < -0.4 is 15.4 Å². The van der Waals surface area contributed by atoms with Crippen LogP contribution in [0.2, 0.25) is 0 Å². The molecule has 0 radical (unpaired) electrons. The number of nitrogens with zero attached hydrogens (tertiary/aromatic N) is 2. The van der Waals surface area contributed by atoms with E-state index in [4.69, 9.17) is 14.2 Å². The van der Waals surface area contributed by atoms with Gasteiger partial charge in [-0.05, 0) is 56.4 Å². The van der Waals surface area contributed by atoms with Gasteiger partial charge in [-0.1, -0.05) is 20.8 Å². The van der Waals surface area contributed by atoms with Gasteiger partial charge in [0.15, 0.2) is 0 Å². The Kier molecular flexibility index (Phi) is 8.85. The zero-order valence-corrected chi connectivity index (χ0v) is 25.4. The SMILES string of the molecule is CCOc1ccc(NC(=O)[C@H]2[C@H]3C(=O)N([C@@H](CO)C(C)C)C(C(=O)NCCN4CCOCC4)C34CC(C)[C@]2(C)O4)cc1. The van der Waals surface area contributed by atoms with Crippen molar-refractivity contribution in [1.29, 1.82) is 0 Å². The molecule has 42 heavy (non-hydrogen) atoms. The van der Waals surface area contributed by atoms with Crippen LogP contribution in [0.4, 0.5) is 5.69 Å². The fourth-order valence-corrected chi connectivity index (χ4v) is 7.63. The number of morpholine rings is 1. The summed E-state index contributed by atoms with van der Waals surface area (Å²) in [7, 11) is 0. The van der Waals surface area contributed by atoms with Crippen molar-refractivity contribution in [3.05, 3.63) is 24.3 Å². The summed E-state index contributed by atoms with van der Waals surface area (Å²) in [6.07, 6.45) is 0.473. The van der Waals surface area contributed by atoms with Crippen LogP contribution in [0.1, 0.15) is 41.0 Å². The Balaban J connectivity index is 1.44. The molecule has 11 nitrogen and oxygen atoms in total. The van der Waals surface area contributed by atoms with Crippen molar-refractivity contribution in [1.82, 2.24) is 15.1 Å². The molecule has 3 amide bonds. The van der Waals surface area contributed by atoms with Gasteiger partial charge in [-0.15, -0.1) is 0 Å². The highest BCUT2D eigenvalue weighted by atomic mass is 16.5. The lowest BCUT2D eigenvalue weighted by Gasteiger charge is -2.38. The summed E-state index contributed by atoms with van der Waals surface area (Å²) in [4.78, 5) is 46.2. The van der Waals surface area contributed by atoms with Crippen molar-refractivity contribution >= 4 is 23.4 Å². The number of nitrogens with one attached hydrogen (secondary N) is 2. The van der Waals surface area contributed by atoms with E-state index >= 15 is 0 Å². The third-order valence-electron chi connectivity index (χ3n) is 9.86. The van der Waals surface area contributed by atoms with Crippen molar-refractivity contribution in [2.24, 2.45) is 23.7 Å². The summed E-state index contributed by atoms with van der Waals surface area (Å²) < 4.78 is 17.7. The minimum Gasteiger partial charge on any atom is -0.494 e. The average molecular weight is 587 g/mol. The number of aliphatic hydroxyl groups is 1. The van der Waals surface area contributed by atoms with Crippen LogP contribution in [-0.4, -0.2) is 109 Å². The molecule has 2 bridgehead atoms. The van der Waals surface area contributed by atoms with Crippen LogP contribution in [-0.2, 0) is 23.9 Å². The second kappa shape index (κ2) is 12.1. The first kappa shape index (κ1) is 30.7. The van der Waals surface area contributed by atoms with Crippen LogP contribution in [0.5, 0.6) is 5.75 Å². The second-order valence-electron chi connectivity index (χ2n) is 12.6. The third-order valence-corrected chi connectivity index (χ3v) is 9.86. The van der Waals surface area contributed by atoms with Gasteiger partial charge in [0.05, 0.1) is 49.9 Å². The highest BCUT2D eigenvalue weighted by molar-refractivity contribution is 6.02. The molecule has 232 valence electrons. The lowest BCUT2D eigenvalue weighted by Crippen LogP contribution is -2.59. The van der Waals surface area contributed by atoms with Gasteiger partial charge in [0.2, 0.25) is 17.7 Å². The number of anilines is 1. The Labute approximate surface area is 248 Å². The van der Waals surface area contributed by atoms with Gasteiger partial charge in [0, 0.05) is 31.9 Å². The Morgan fingerprint density at radius 2 is 1.86 bits per heavy atom. The van der Waals surface area contributed by atoms with Crippen molar-refractivity contribution in [2.45, 2.75) is 64.3 Å². The number of carbonyl (C=O) groups excluding carboxylic acids is 3. The average Bonchev–Trinajstić information content (AvgIpc) is 3.47. The summed E-state index contributed by atoms with van der Waals surface area (Å²) in [5.74, 6) is -2.06. The topological polar surface area (TPSA) is 130 Å². The lowest BCUT2D eigenvalue weighted by atomic mass is 9.62. The molecule has 4 fully saturated rings. The monoisotopic (exact) mass is 586 g/mol. The number of fused-ring (bicyclic) bond motifs is 1. The summed E-state index contributed by atoms with van der Waals surface area (Å²) in [5.41, 5.74) is -1.51.